The Morgan fingerprint density at radius 1 is 1.27 bits per heavy atom. The van der Waals surface area contributed by atoms with Crippen LogP contribution in [0.15, 0.2) is 24.3 Å². The summed E-state index contributed by atoms with van der Waals surface area (Å²) in [7, 11) is 4.20. The number of nitrogens with one attached hydrogen (secondary N) is 5. The summed E-state index contributed by atoms with van der Waals surface area (Å²) < 4.78 is 0. The Balaban J connectivity index is 1.73. The van der Waals surface area contributed by atoms with Crippen LogP contribution < -0.4 is 26.6 Å². The first kappa shape index (κ1) is 20.6. The van der Waals surface area contributed by atoms with Gasteiger partial charge in [-0.3, -0.25) is 10.6 Å². The van der Waals surface area contributed by atoms with E-state index in [1.165, 1.54) is 6.42 Å². The zero-order valence-electron chi connectivity index (χ0n) is 16.4. The highest BCUT2D eigenvalue weighted by Crippen LogP contribution is 2.09. The minimum Gasteiger partial charge on any atom is -0.310 e. The molecule has 1 aliphatic heterocycles. The molecule has 5 N–H and O–H groups in total. The Morgan fingerprint density at radius 3 is 2.81 bits per heavy atom. The predicted octanol–water partition coefficient (Wildman–Crippen LogP) is 1.63. The first-order valence-corrected chi connectivity index (χ1v) is 9.47. The maximum Gasteiger partial charge on any atom is 0.321 e. The zero-order chi connectivity index (χ0) is 18.9. The third-order valence-electron chi connectivity index (χ3n) is 4.38. The van der Waals surface area contributed by atoms with Crippen LogP contribution >= 0.6 is 0 Å². The van der Waals surface area contributed by atoms with E-state index in [0.717, 1.165) is 37.2 Å². The van der Waals surface area contributed by atoms with Crippen LogP contribution in [0.4, 0.5) is 10.5 Å². The first-order chi connectivity index (χ1) is 12.4. The molecule has 1 aromatic carbocycles. The fourth-order valence-corrected chi connectivity index (χ4v) is 3.10. The second-order valence-electron chi connectivity index (χ2n) is 7.39. The van der Waals surface area contributed by atoms with E-state index in [2.05, 4.69) is 52.5 Å². The van der Waals surface area contributed by atoms with E-state index in [1.54, 1.807) is 0 Å². The van der Waals surface area contributed by atoms with Crippen LogP contribution in [-0.4, -0.2) is 56.6 Å². The van der Waals surface area contributed by atoms with E-state index >= 15 is 0 Å². The van der Waals surface area contributed by atoms with E-state index in [1.807, 2.05) is 31.2 Å². The highest BCUT2D eigenvalue weighted by atomic mass is 16.2. The number of aryl methyl sites for hydroxylation is 1. The predicted molar refractivity (Wildman–Crippen MR) is 107 cm³/mol. The van der Waals surface area contributed by atoms with Gasteiger partial charge in [-0.15, -0.1) is 0 Å². The molecule has 3 unspecified atom stereocenters. The number of benzene rings is 1. The SMILES string of the molecule is Cc1cccc(NC(=O)NC2NC(C)CC(NCCCCN(C)C)N2)c1. The summed E-state index contributed by atoms with van der Waals surface area (Å²) in [6.07, 6.45) is 3.23. The Morgan fingerprint density at radius 2 is 2.08 bits per heavy atom. The van der Waals surface area contributed by atoms with Crippen LogP contribution in [0.1, 0.15) is 31.7 Å². The fraction of sp³-hybridized carbons (Fsp3) is 0.632. The van der Waals surface area contributed by atoms with Gasteiger partial charge in [0.15, 0.2) is 0 Å². The van der Waals surface area contributed by atoms with Crippen molar-refractivity contribution < 1.29 is 4.79 Å². The number of hydrogen-bond donors (Lipinski definition) is 5. The van der Waals surface area contributed by atoms with E-state index in [4.69, 9.17) is 0 Å². The van der Waals surface area contributed by atoms with Gasteiger partial charge in [0.2, 0.25) is 0 Å². The van der Waals surface area contributed by atoms with Crippen LogP contribution in [0.25, 0.3) is 0 Å². The van der Waals surface area contributed by atoms with Crippen LogP contribution in [-0.2, 0) is 0 Å². The molecule has 0 aliphatic carbocycles. The van der Waals surface area contributed by atoms with Crippen molar-refractivity contribution in [3.8, 4) is 0 Å². The molecule has 1 aromatic rings. The average molecular weight is 363 g/mol. The van der Waals surface area contributed by atoms with E-state index in [-0.39, 0.29) is 18.5 Å². The van der Waals surface area contributed by atoms with Crippen molar-refractivity contribution in [2.24, 2.45) is 0 Å². The summed E-state index contributed by atoms with van der Waals surface area (Å²) in [5.41, 5.74) is 1.91. The molecule has 0 radical (unpaired) electrons. The van der Waals surface area contributed by atoms with Gasteiger partial charge in [-0.25, -0.2) is 4.79 Å². The average Bonchev–Trinajstić information content (AvgIpc) is 2.53. The van der Waals surface area contributed by atoms with Gasteiger partial charge in [0.25, 0.3) is 0 Å². The molecule has 2 amide bonds. The Hall–Kier alpha value is -1.67. The van der Waals surface area contributed by atoms with E-state index in [9.17, 15) is 4.79 Å². The van der Waals surface area contributed by atoms with Crippen molar-refractivity contribution in [1.29, 1.82) is 0 Å². The molecule has 1 aliphatic rings. The van der Waals surface area contributed by atoms with Crippen molar-refractivity contribution in [2.75, 3.05) is 32.5 Å². The maximum atomic E-state index is 12.2. The highest BCUT2D eigenvalue weighted by molar-refractivity contribution is 5.89. The molecule has 1 heterocycles. The molecule has 0 aromatic heterocycles. The molecule has 0 bridgehead atoms. The number of carbonyl (C=O) groups excluding carboxylic acids is 1. The van der Waals surface area contributed by atoms with Gasteiger partial charge < -0.3 is 20.9 Å². The number of anilines is 1. The summed E-state index contributed by atoms with van der Waals surface area (Å²) in [6.45, 7) is 6.22. The molecule has 7 heteroatoms. The number of carbonyl (C=O) groups is 1. The number of rotatable bonds is 8. The van der Waals surface area contributed by atoms with Crippen molar-refractivity contribution in [2.45, 2.75) is 51.6 Å². The second kappa shape index (κ2) is 10.5. The lowest BCUT2D eigenvalue weighted by Crippen LogP contribution is -2.67. The largest absolute Gasteiger partial charge is 0.321 e. The minimum absolute atomic E-state index is 0.190. The lowest BCUT2D eigenvalue weighted by molar-refractivity contribution is 0.193. The van der Waals surface area contributed by atoms with Crippen LogP contribution in [0.5, 0.6) is 0 Å². The third-order valence-corrected chi connectivity index (χ3v) is 4.38. The summed E-state index contributed by atoms with van der Waals surface area (Å²) in [4.78, 5) is 14.4. The number of nitrogens with zero attached hydrogens (tertiary/aromatic N) is 1. The van der Waals surface area contributed by atoms with Gasteiger partial charge in [0.1, 0.15) is 6.29 Å². The minimum atomic E-state index is -0.261. The number of amides is 2. The van der Waals surface area contributed by atoms with Crippen LogP contribution in [0.3, 0.4) is 0 Å². The summed E-state index contributed by atoms with van der Waals surface area (Å²) >= 11 is 0. The number of urea groups is 1. The quantitative estimate of drug-likeness (QED) is 0.454. The monoisotopic (exact) mass is 362 g/mol. The molecule has 0 spiro atoms. The van der Waals surface area contributed by atoms with Gasteiger partial charge in [-0.2, -0.15) is 0 Å². The van der Waals surface area contributed by atoms with Crippen molar-refractivity contribution in [3.05, 3.63) is 29.8 Å². The molecule has 1 fully saturated rings. The standard InChI is InChI=1S/C19H34N6O/c1-14-8-7-9-16(12-14)22-19(26)24-18-21-15(2)13-17(23-18)20-10-5-6-11-25(3)4/h7-9,12,15,17-18,20-21,23H,5-6,10-11,13H2,1-4H3,(H2,22,24,26). The van der Waals surface area contributed by atoms with Gasteiger partial charge in [-0.05, 0) is 78.0 Å². The van der Waals surface area contributed by atoms with Crippen molar-refractivity contribution >= 4 is 11.7 Å². The summed E-state index contributed by atoms with van der Waals surface area (Å²) in [5.74, 6) is 0. The Bertz CT molecular complexity index is 565. The molecule has 0 saturated carbocycles. The molecule has 1 saturated heterocycles. The third kappa shape index (κ3) is 7.70. The van der Waals surface area contributed by atoms with Gasteiger partial charge in [0, 0.05) is 11.7 Å². The molecule has 26 heavy (non-hydrogen) atoms. The van der Waals surface area contributed by atoms with Gasteiger partial charge in [0.05, 0.1) is 6.17 Å². The Labute approximate surface area is 157 Å². The molecule has 7 nitrogen and oxygen atoms in total. The maximum absolute atomic E-state index is 12.2. The smallest absolute Gasteiger partial charge is 0.310 e. The second-order valence-corrected chi connectivity index (χ2v) is 7.39. The highest BCUT2D eigenvalue weighted by Gasteiger charge is 2.25. The first-order valence-electron chi connectivity index (χ1n) is 9.47. The lowest BCUT2D eigenvalue weighted by Gasteiger charge is -2.37. The van der Waals surface area contributed by atoms with Gasteiger partial charge in [-0.1, -0.05) is 12.1 Å². The fourth-order valence-electron chi connectivity index (χ4n) is 3.10. The van der Waals surface area contributed by atoms with Crippen molar-refractivity contribution in [3.63, 3.8) is 0 Å². The van der Waals surface area contributed by atoms with Crippen molar-refractivity contribution in [1.82, 2.24) is 26.2 Å². The molecular formula is C19H34N6O. The normalized spacial score (nSPS) is 23.0. The van der Waals surface area contributed by atoms with Crippen LogP contribution in [0, 0.1) is 6.92 Å². The molecule has 146 valence electrons. The van der Waals surface area contributed by atoms with E-state index in [0.29, 0.717) is 6.04 Å². The topological polar surface area (TPSA) is 80.5 Å². The number of unbranched alkanes of at least 4 members (excludes halogenated alkanes) is 1. The van der Waals surface area contributed by atoms with Crippen LogP contribution in [0.2, 0.25) is 0 Å². The Kier molecular flexibility index (Phi) is 8.31. The summed E-state index contributed by atoms with van der Waals surface area (Å²) in [6, 6.07) is 7.86. The molecule has 3 atom stereocenters. The van der Waals surface area contributed by atoms with E-state index < -0.39 is 0 Å². The molecular weight excluding hydrogens is 328 g/mol. The van der Waals surface area contributed by atoms with Gasteiger partial charge >= 0.3 is 6.03 Å². The lowest BCUT2D eigenvalue weighted by atomic mass is 10.1. The summed E-state index contributed by atoms with van der Waals surface area (Å²) in [5, 5.41) is 16.1. The number of hydrogen-bond acceptors (Lipinski definition) is 5. The molecule has 2 rings (SSSR count). The zero-order valence-corrected chi connectivity index (χ0v) is 16.4.